The van der Waals surface area contributed by atoms with Crippen molar-refractivity contribution in [3.63, 3.8) is 0 Å². The third-order valence-corrected chi connectivity index (χ3v) is 10.9. The largest absolute Gasteiger partial charge is 0.481 e. The van der Waals surface area contributed by atoms with E-state index in [2.05, 4.69) is 26.6 Å². The first-order valence-corrected chi connectivity index (χ1v) is 22.1. The number of fused-ring (bicyclic) bond motifs is 3. The third kappa shape index (κ3) is 15.8. The van der Waals surface area contributed by atoms with Crippen LogP contribution in [0.25, 0.3) is 11.1 Å². The molecule has 0 heterocycles. The van der Waals surface area contributed by atoms with Crippen molar-refractivity contribution in [1.29, 1.82) is 0 Å². The second-order valence-corrected chi connectivity index (χ2v) is 17.4. The van der Waals surface area contributed by atoms with Crippen LogP contribution in [0.15, 0.2) is 109 Å². The number of carboxylic acids is 2. The number of rotatable bonds is 23. The van der Waals surface area contributed by atoms with Crippen molar-refractivity contribution < 1.29 is 62.8 Å². The number of ether oxygens (including phenoxy) is 2. The van der Waals surface area contributed by atoms with Gasteiger partial charge in [-0.05, 0) is 60.6 Å². The Morgan fingerprint density at radius 2 is 1.00 bits per heavy atom. The van der Waals surface area contributed by atoms with Crippen LogP contribution in [0.4, 0.5) is 4.79 Å². The summed E-state index contributed by atoms with van der Waals surface area (Å²) in [4.78, 5) is 119. The normalized spacial score (nSPS) is 13.9. The van der Waals surface area contributed by atoms with Crippen molar-refractivity contribution in [2.24, 2.45) is 5.73 Å². The number of nitrogens with one attached hydrogen (secondary N) is 5. The molecule has 1 aliphatic carbocycles. The predicted molar refractivity (Wildman–Crippen MR) is 249 cm³/mol. The van der Waals surface area contributed by atoms with Crippen LogP contribution in [0, 0.1) is 0 Å². The van der Waals surface area contributed by atoms with E-state index >= 15 is 0 Å². The maximum atomic E-state index is 14.1. The van der Waals surface area contributed by atoms with Gasteiger partial charge in [0.2, 0.25) is 29.5 Å². The summed E-state index contributed by atoms with van der Waals surface area (Å²) in [5.74, 6) is -9.62. The van der Waals surface area contributed by atoms with Gasteiger partial charge in [0, 0.05) is 25.2 Å². The summed E-state index contributed by atoms with van der Waals surface area (Å²) in [5, 5.41) is 31.3. The molecule has 5 atom stereocenters. The van der Waals surface area contributed by atoms with E-state index in [0.29, 0.717) is 11.1 Å². The highest BCUT2D eigenvalue weighted by atomic mass is 16.6. The summed E-state index contributed by atoms with van der Waals surface area (Å²) in [6.45, 7) is 4.54. The van der Waals surface area contributed by atoms with Crippen LogP contribution in [-0.2, 0) is 60.7 Å². The van der Waals surface area contributed by atoms with Crippen molar-refractivity contribution >= 4 is 53.5 Å². The van der Waals surface area contributed by atoms with E-state index in [1.165, 1.54) is 0 Å². The summed E-state index contributed by atoms with van der Waals surface area (Å²) in [5.41, 5.74) is 9.49. The van der Waals surface area contributed by atoms with Gasteiger partial charge in [0.05, 0.1) is 12.8 Å². The number of aliphatic carboxylic acids is 2. The Hall–Kier alpha value is -8.09. The topological polar surface area (TPSA) is 299 Å². The van der Waals surface area contributed by atoms with Crippen LogP contribution in [0.1, 0.15) is 74.6 Å². The van der Waals surface area contributed by atoms with Crippen molar-refractivity contribution in [3.8, 4) is 11.1 Å². The van der Waals surface area contributed by atoms with Gasteiger partial charge >= 0.3 is 24.0 Å². The fourth-order valence-electron chi connectivity index (χ4n) is 7.69. The molecular formula is C50H56N6O13. The number of esters is 1. The lowest BCUT2D eigenvalue weighted by Gasteiger charge is -2.27. The molecule has 0 bridgehead atoms. The molecule has 0 saturated carbocycles. The van der Waals surface area contributed by atoms with E-state index in [-0.39, 0.29) is 25.4 Å². The molecule has 4 aromatic carbocycles. The lowest BCUT2D eigenvalue weighted by atomic mass is 9.98. The highest BCUT2D eigenvalue weighted by Crippen LogP contribution is 2.44. The summed E-state index contributed by atoms with van der Waals surface area (Å²) >= 11 is 0. The first-order valence-electron chi connectivity index (χ1n) is 22.1. The maximum Gasteiger partial charge on any atom is 0.407 e. The number of hydrogen-bond acceptors (Lipinski definition) is 11. The van der Waals surface area contributed by atoms with Gasteiger partial charge in [0.25, 0.3) is 0 Å². The number of nitrogens with two attached hydrogens (primary N) is 1. The molecule has 0 unspecified atom stereocenters. The molecule has 69 heavy (non-hydrogen) atoms. The fourth-order valence-corrected chi connectivity index (χ4v) is 7.69. The second-order valence-electron chi connectivity index (χ2n) is 17.4. The zero-order valence-corrected chi connectivity index (χ0v) is 38.3. The minimum Gasteiger partial charge on any atom is -0.481 e. The third-order valence-electron chi connectivity index (χ3n) is 10.9. The molecule has 5 rings (SSSR count). The average Bonchev–Trinajstić information content (AvgIpc) is 3.61. The smallest absolute Gasteiger partial charge is 0.407 e. The van der Waals surface area contributed by atoms with Crippen molar-refractivity contribution in [2.45, 2.75) is 101 Å². The number of carbonyl (C=O) groups is 9. The van der Waals surface area contributed by atoms with Gasteiger partial charge in [-0.25, -0.2) is 9.59 Å². The van der Waals surface area contributed by atoms with Crippen LogP contribution in [0.2, 0.25) is 0 Å². The quantitative estimate of drug-likeness (QED) is 0.0497. The molecule has 0 spiro atoms. The summed E-state index contributed by atoms with van der Waals surface area (Å²) in [6.07, 6.45) is -4.16. The van der Waals surface area contributed by atoms with Gasteiger partial charge in [-0.1, -0.05) is 109 Å². The van der Waals surface area contributed by atoms with Crippen molar-refractivity contribution in [2.75, 3.05) is 6.61 Å². The summed E-state index contributed by atoms with van der Waals surface area (Å²) in [6, 6.07) is 24.0. The Morgan fingerprint density at radius 3 is 1.49 bits per heavy atom. The molecule has 364 valence electrons. The molecule has 0 aromatic heterocycles. The lowest BCUT2D eigenvalue weighted by molar-refractivity contribution is -0.157. The molecular weight excluding hydrogens is 893 g/mol. The van der Waals surface area contributed by atoms with Gasteiger partial charge in [0.15, 0.2) is 0 Å². The molecule has 0 aliphatic heterocycles. The number of carboxylic acid groups (broad SMARTS) is 2. The molecule has 19 heteroatoms. The van der Waals surface area contributed by atoms with Crippen LogP contribution < -0.4 is 32.3 Å². The van der Waals surface area contributed by atoms with Gasteiger partial charge in [-0.3, -0.25) is 33.6 Å². The van der Waals surface area contributed by atoms with E-state index in [1.807, 2.05) is 48.5 Å². The van der Waals surface area contributed by atoms with Crippen LogP contribution >= 0.6 is 0 Å². The Balaban J connectivity index is 1.35. The number of benzene rings is 4. The first kappa shape index (κ1) is 51.9. The van der Waals surface area contributed by atoms with Gasteiger partial charge in [0.1, 0.15) is 42.4 Å². The number of amides is 6. The maximum absolute atomic E-state index is 14.1. The minimum absolute atomic E-state index is 0.0833. The summed E-state index contributed by atoms with van der Waals surface area (Å²) < 4.78 is 11.1. The van der Waals surface area contributed by atoms with E-state index in [0.717, 1.165) is 22.3 Å². The summed E-state index contributed by atoms with van der Waals surface area (Å²) in [7, 11) is 0. The number of carbonyl (C=O) groups excluding carboxylic acids is 7. The Bertz CT molecular complexity index is 2470. The van der Waals surface area contributed by atoms with Crippen LogP contribution in [0.5, 0.6) is 0 Å². The van der Waals surface area contributed by atoms with E-state index in [1.54, 1.807) is 81.4 Å². The molecule has 1 aliphatic rings. The monoisotopic (exact) mass is 948 g/mol. The fraction of sp³-hybridized carbons (Fsp3) is 0.340. The Morgan fingerprint density at radius 1 is 0.565 bits per heavy atom. The van der Waals surface area contributed by atoms with Crippen molar-refractivity contribution in [3.05, 3.63) is 131 Å². The van der Waals surface area contributed by atoms with E-state index in [9.17, 15) is 53.4 Å². The number of alkyl carbamates (subject to hydrolysis) is 1. The molecule has 9 N–H and O–H groups in total. The van der Waals surface area contributed by atoms with Gasteiger partial charge < -0.3 is 52.0 Å². The SMILES string of the molecule is CC(C)(C)OC(=O)C[C@H](NC(=O)[C@H](CC(N)=O)NC(=O)[C@H](Cc1ccccc1)NC(=O)OCC1c2ccccc2-c2ccccc21)C(=O)N[C@@H](CCC(=O)O)C(=O)N[C@@H](Cc1ccccc1)C(=O)O. The molecule has 0 fully saturated rings. The lowest BCUT2D eigenvalue weighted by Crippen LogP contribution is -2.60. The number of hydrogen-bond donors (Lipinski definition) is 8. The van der Waals surface area contributed by atoms with Gasteiger partial charge in [-0.2, -0.15) is 0 Å². The van der Waals surface area contributed by atoms with Crippen molar-refractivity contribution in [1.82, 2.24) is 26.6 Å². The molecule has 0 saturated heterocycles. The first-order chi connectivity index (χ1) is 32.8. The minimum atomic E-state index is -1.89. The van der Waals surface area contributed by atoms with Gasteiger partial charge in [-0.15, -0.1) is 0 Å². The van der Waals surface area contributed by atoms with E-state index in [4.69, 9.17) is 15.2 Å². The molecule has 6 amide bonds. The molecule has 19 nitrogen and oxygen atoms in total. The van der Waals surface area contributed by atoms with E-state index < -0.39 is 115 Å². The Labute approximate surface area is 397 Å². The number of primary amides is 1. The highest BCUT2D eigenvalue weighted by molar-refractivity contribution is 5.98. The zero-order chi connectivity index (χ0) is 50.3. The molecule has 4 aromatic rings. The second kappa shape index (κ2) is 24.1. The average molecular weight is 949 g/mol. The van der Waals surface area contributed by atoms with Crippen LogP contribution in [-0.4, -0.2) is 106 Å². The van der Waals surface area contributed by atoms with Crippen LogP contribution in [0.3, 0.4) is 0 Å². The molecule has 0 radical (unpaired) electrons. The zero-order valence-electron chi connectivity index (χ0n) is 38.3. The standard InChI is InChI=1S/C50H56N6O13/c1-50(2,3)69-43(60)27-39(47(64)52-36(22-23-42(58)59)44(61)55-40(48(65)66)25-30-16-8-5-9-17-30)54-46(63)38(26-41(51)57)53-45(62)37(24-29-14-6-4-7-15-29)56-49(67)68-28-35-33-20-12-10-18-31(33)32-19-11-13-21-34(32)35/h4-21,35-40H,22-28H2,1-3H3,(H2,51,57)(H,52,64)(H,53,62)(H,54,63)(H,55,61)(H,56,67)(H,58,59)(H,65,66)/t36-,37-,38-,39-,40-/m0/s1. The predicted octanol–water partition coefficient (Wildman–Crippen LogP) is 2.87. The highest BCUT2D eigenvalue weighted by Gasteiger charge is 2.36. The Kier molecular flexibility index (Phi) is 18.1.